The molecule has 1 heterocycles. The van der Waals surface area contributed by atoms with E-state index in [0.29, 0.717) is 5.02 Å². The Bertz CT molecular complexity index is 605. The molecule has 1 nitrogen and oxygen atoms in total. The molecular weight excluding hydrogens is 287 g/mol. The molecule has 1 aliphatic heterocycles. The minimum absolute atomic E-state index is 0.226. The Hall–Kier alpha value is -1.68. The number of hydrogen-bond donors (Lipinski definition) is 0. The van der Waals surface area contributed by atoms with Crippen LogP contribution >= 0.6 is 11.6 Å². The Morgan fingerprint density at radius 3 is 2.10 bits per heavy atom. The molecule has 0 spiro atoms. The van der Waals surface area contributed by atoms with E-state index in [0.717, 1.165) is 29.9 Å². The first kappa shape index (κ1) is 13.3. The van der Waals surface area contributed by atoms with Gasteiger partial charge in [0.25, 0.3) is 0 Å². The number of benzene rings is 2. The third-order valence-electron chi connectivity index (χ3n) is 3.39. The highest BCUT2D eigenvalue weighted by molar-refractivity contribution is 6.30. The molecule has 0 radical (unpaired) electrons. The Kier molecular flexibility index (Phi) is 3.13. The van der Waals surface area contributed by atoms with Crippen molar-refractivity contribution in [2.75, 3.05) is 11.4 Å². The Morgan fingerprint density at radius 1 is 0.950 bits per heavy atom. The first-order valence-electron chi connectivity index (χ1n) is 6.14. The molecule has 2 aromatic carbocycles. The van der Waals surface area contributed by atoms with Crippen molar-refractivity contribution in [1.29, 1.82) is 0 Å². The molecule has 2 aromatic rings. The van der Waals surface area contributed by atoms with E-state index >= 15 is 0 Å². The SMILES string of the molecule is FC(F)(F)c1ccc(N2C[C@@H]2c2ccc(Cl)cc2)cc1. The molecule has 0 aliphatic carbocycles. The molecule has 0 saturated carbocycles. The molecule has 1 atom stereocenters. The van der Waals surface area contributed by atoms with Crippen LogP contribution in [0.3, 0.4) is 0 Å². The molecule has 104 valence electrons. The van der Waals surface area contributed by atoms with Crippen molar-refractivity contribution < 1.29 is 13.2 Å². The maximum absolute atomic E-state index is 12.5. The fourth-order valence-corrected chi connectivity index (χ4v) is 2.36. The highest BCUT2D eigenvalue weighted by atomic mass is 35.5. The van der Waals surface area contributed by atoms with E-state index in [1.165, 1.54) is 12.1 Å². The third-order valence-corrected chi connectivity index (χ3v) is 3.65. The zero-order valence-electron chi connectivity index (χ0n) is 10.4. The molecular formula is C15H11ClF3N. The molecule has 1 saturated heterocycles. The quantitative estimate of drug-likeness (QED) is 0.711. The predicted molar refractivity (Wildman–Crippen MR) is 73.0 cm³/mol. The first-order valence-corrected chi connectivity index (χ1v) is 6.52. The summed E-state index contributed by atoms with van der Waals surface area (Å²) < 4.78 is 37.5. The lowest BCUT2D eigenvalue weighted by Gasteiger charge is -2.09. The van der Waals surface area contributed by atoms with Gasteiger partial charge in [-0.05, 0) is 42.0 Å². The Labute approximate surface area is 119 Å². The van der Waals surface area contributed by atoms with Gasteiger partial charge in [0.1, 0.15) is 0 Å². The maximum atomic E-state index is 12.5. The number of alkyl halides is 3. The molecule has 0 aromatic heterocycles. The van der Waals surface area contributed by atoms with Crippen molar-refractivity contribution in [2.45, 2.75) is 12.2 Å². The number of anilines is 1. The van der Waals surface area contributed by atoms with Crippen LogP contribution in [-0.4, -0.2) is 6.54 Å². The highest BCUT2D eigenvalue weighted by Crippen LogP contribution is 2.41. The summed E-state index contributed by atoms with van der Waals surface area (Å²) in [6, 6.07) is 13.0. The average molecular weight is 298 g/mol. The van der Waals surface area contributed by atoms with Crippen LogP contribution in [0.1, 0.15) is 17.2 Å². The van der Waals surface area contributed by atoms with E-state index in [9.17, 15) is 13.2 Å². The minimum Gasteiger partial charge on any atom is -0.360 e. The van der Waals surface area contributed by atoms with Gasteiger partial charge in [-0.25, -0.2) is 0 Å². The number of rotatable bonds is 2. The molecule has 0 amide bonds. The van der Waals surface area contributed by atoms with Crippen LogP contribution < -0.4 is 4.90 Å². The van der Waals surface area contributed by atoms with Gasteiger partial charge < -0.3 is 4.90 Å². The second-order valence-electron chi connectivity index (χ2n) is 4.76. The van der Waals surface area contributed by atoms with Crippen molar-refractivity contribution >= 4 is 17.3 Å². The fraction of sp³-hybridized carbons (Fsp3) is 0.200. The van der Waals surface area contributed by atoms with Crippen molar-refractivity contribution in [3.63, 3.8) is 0 Å². The van der Waals surface area contributed by atoms with Gasteiger partial charge in [-0.3, -0.25) is 0 Å². The van der Waals surface area contributed by atoms with Gasteiger partial charge in [0, 0.05) is 17.3 Å². The molecule has 5 heteroatoms. The van der Waals surface area contributed by atoms with E-state index in [2.05, 4.69) is 0 Å². The van der Waals surface area contributed by atoms with Crippen LogP contribution in [0.15, 0.2) is 48.5 Å². The van der Waals surface area contributed by atoms with Crippen molar-refractivity contribution in [1.82, 2.24) is 0 Å². The molecule has 0 unspecified atom stereocenters. The summed E-state index contributed by atoms with van der Waals surface area (Å²) in [7, 11) is 0. The van der Waals surface area contributed by atoms with Crippen LogP contribution in [0.5, 0.6) is 0 Å². The predicted octanol–water partition coefficient (Wildman–Crippen LogP) is 4.92. The minimum atomic E-state index is -4.28. The van der Waals surface area contributed by atoms with Gasteiger partial charge >= 0.3 is 6.18 Å². The average Bonchev–Trinajstić information content (AvgIpc) is 3.19. The second kappa shape index (κ2) is 4.70. The van der Waals surface area contributed by atoms with Gasteiger partial charge in [-0.15, -0.1) is 0 Å². The summed E-state index contributed by atoms with van der Waals surface area (Å²) in [5, 5.41) is 0.676. The lowest BCUT2D eigenvalue weighted by atomic mass is 10.1. The summed E-state index contributed by atoms with van der Waals surface area (Å²) in [4.78, 5) is 2.05. The van der Waals surface area contributed by atoms with Gasteiger partial charge in [0.05, 0.1) is 11.6 Å². The van der Waals surface area contributed by atoms with E-state index in [-0.39, 0.29) is 6.04 Å². The fourth-order valence-electron chi connectivity index (χ4n) is 2.24. The maximum Gasteiger partial charge on any atom is 0.416 e. The van der Waals surface area contributed by atoms with E-state index < -0.39 is 11.7 Å². The largest absolute Gasteiger partial charge is 0.416 e. The smallest absolute Gasteiger partial charge is 0.360 e. The van der Waals surface area contributed by atoms with Crippen LogP contribution in [0.4, 0.5) is 18.9 Å². The molecule has 0 N–H and O–H groups in total. The van der Waals surface area contributed by atoms with Crippen molar-refractivity contribution in [2.24, 2.45) is 0 Å². The van der Waals surface area contributed by atoms with Crippen molar-refractivity contribution in [3.8, 4) is 0 Å². The normalized spacial score (nSPS) is 18.2. The summed E-state index contributed by atoms with van der Waals surface area (Å²) >= 11 is 5.83. The zero-order valence-corrected chi connectivity index (χ0v) is 11.1. The molecule has 20 heavy (non-hydrogen) atoms. The third kappa shape index (κ3) is 2.61. The van der Waals surface area contributed by atoms with E-state index in [4.69, 9.17) is 11.6 Å². The number of halogens is 4. The summed E-state index contributed by atoms with van der Waals surface area (Å²) in [6.45, 7) is 0.812. The summed E-state index contributed by atoms with van der Waals surface area (Å²) in [5.74, 6) is 0. The summed E-state index contributed by atoms with van der Waals surface area (Å²) in [6.07, 6.45) is -4.28. The summed E-state index contributed by atoms with van der Waals surface area (Å²) in [5.41, 5.74) is 1.30. The molecule has 1 fully saturated rings. The van der Waals surface area contributed by atoms with Crippen LogP contribution in [0.25, 0.3) is 0 Å². The first-order chi connectivity index (χ1) is 9.45. The Morgan fingerprint density at radius 2 is 1.55 bits per heavy atom. The van der Waals surface area contributed by atoms with Gasteiger partial charge in [0.15, 0.2) is 0 Å². The van der Waals surface area contributed by atoms with Gasteiger partial charge in [0.2, 0.25) is 0 Å². The lowest BCUT2D eigenvalue weighted by Crippen LogP contribution is -2.04. The highest BCUT2D eigenvalue weighted by Gasteiger charge is 2.36. The molecule has 0 bridgehead atoms. The van der Waals surface area contributed by atoms with Crippen molar-refractivity contribution in [3.05, 3.63) is 64.7 Å². The van der Waals surface area contributed by atoms with Gasteiger partial charge in [-0.1, -0.05) is 23.7 Å². The number of nitrogens with zero attached hydrogens (tertiary/aromatic N) is 1. The Balaban J connectivity index is 1.74. The number of hydrogen-bond acceptors (Lipinski definition) is 1. The lowest BCUT2D eigenvalue weighted by molar-refractivity contribution is -0.137. The van der Waals surface area contributed by atoms with E-state index in [1.807, 2.05) is 29.2 Å². The van der Waals surface area contributed by atoms with Crippen LogP contribution in [0, 0.1) is 0 Å². The second-order valence-corrected chi connectivity index (χ2v) is 5.20. The van der Waals surface area contributed by atoms with Crippen LogP contribution in [0.2, 0.25) is 5.02 Å². The molecule has 3 rings (SSSR count). The monoisotopic (exact) mass is 297 g/mol. The topological polar surface area (TPSA) is 3.01 Å². The standard InChI is InChI=1S/C15H11ClF3N/c16-12-5-1-10(2-6-12)14-9-20(14)13-7-3-11(4-8-13)15(17,18)19/h1-8,14H,9H2/t14-,20?/m1/s1. The van der Waals surface area contributed by atoms with Gasteiger partial charge in [-0.2, -0.15) is 13.2 Å². The van der Waals surface area contributed by atoms with Crippen LogP contribution in [-0.2, 0) is 6.18 Å². The zero-order chi connectivity index (χ0) is 14.3. The molecule has 1 aliphatic rings. The van der Waals surface area contributed by atoms with E-state index in [1.54, 1.807) is 0 Å².